The second-order valence-corrected chi connectivity index (χ2v) is 12.3. The van der Waals surface area contributed by atoms with Crippen molar-refractivity contribution in [1.82, 2.24) is 10.2 Å². The molecule has 8 heteroatoms. The van der Waals surface area contributed by atoms with Gasteiger partial charge >= 0.3 is 15.0 Å². The van der Waals surface area contributed by atoms with Crippen molar-refractivity contribution in [1.29, 1.82) is 0 Å². The molecule has 0 aromatic heterocycles. The summed E-state index contributed by atoms with van der Waals surface area (Å²) in [5.74, 6) is 0.0456. The fourth-order valence-corrected chi connectivity index (χ4v) is 6.57. The molecule has 0 fully saturated rings. The van der Waals surface area contributed by atoms with Crippen molar-refractivity contribution in [3.63, 3.8) is 0 Å². The van der Waals surface area contributed by atoms with Crippen LogP contribution in [0.2, 0.25) is 0 Å². The van der Waals surface area contributed by atoms with Gasteiger partial charge in [0.25, 0.3) is 0 Å². The molecule has 6 nitrogen and oxygen atoms in total. The fraction of sp³-hybridized carbons (Fsp3) is 0.308. The van der Waals surface area contributed by atoms with Gasteiger partial charge in [0, 0.05) is 31.7 Å². The Labute approximate surface area is 280 Å². The van der Waals surface area contributed by atoms with Crippen LogP contribution >= 0.6 is 0 Å². The summed E-state index contributed by atoms with van der Waals surface area (Å²) in [5, 5.41) is 27.9. The number of nitrogens with two attached hydrogens (primary N) is 1. The number of ketones is 1. The number of fused-ring (bicyclic) bond motifs is 2. The van der Waals surface area contributed by atoms with Gasteiger partial charge in [-0.2, -0.15) is 0 Å². The predicted molar refractivity (Wildman–Crippen MR) is 196 cm³/mol. The SMILES string of the molecule is CC(=O)c1ccc2c(CNCc3ccccc3[B]O)c3ccccc3c(CN(CCCCCCCN)Cc3ccccc3[B]O)c2c1. The van der Waals surface area contributed by atoms with Crippen LogP contribution in [0.15, 0.2) is 91.0 Å². The number of unbranched alkanes of at least 4 members (excludes halogenated alkanes) is 4. The zero-order chi connectivity index (χ0) is 33.0. The summed E-state index contributed by atoms with van der Waals surface area (Å²) in [6, 6.07) is 30.5. The predicted octanol–water partition coefficient (Wildman–Crippen LogP) is 4.87. The largest absolute Gasteiger partial charge is 0.450 e. The smallest absolute Gasteiger partial charge is 0.327 e. The molecule has 2 radical (unpaired) electrons. The molecule has 0 saturated heterocycles. The number of Topliss-reactive ketones (excluding diaryl/α,β-unsaturated/α-hetero) is 1. The third-order valence-electron chi connectivity index (χ3n) is 9.11. The summed E-state index contributed by atoms with van der Waals surface area (Å²) in [6.45, 7) is 5.91. The number of hydrogen-bond donors (Lipinski definition) is 4. The Bertz CT molecular complexity index is 1800. The molecule has 5 aromatic rings. The lowest BCUT2D eigenvalue weighted by Crippen LogP contribution is -2.29. The van der Waals surface area contributed by atoms with Crippen molar-refractivity contribution < 1.29 is 14.8 Å². The maximum absolute atomic E-state index is 12.6. The molecule has 0 spiro atoms. The summed E-state index contributed by atoms with van der Waals surface area (Å²) in [5.41, 5.74) is 12.6. The Hall–Kier alpha value is -3.78. The van der Waals surface area contributed by atoms with Crippen LogP contribution in [0.3, 0.4) is 0 Å². The Kier molecular flexibility index (Phi) is 12.8. The van der Waals surface area contributed by atoms with Gasteiger partial charge in [-0.1, -0.05) is 104 Å². The van der Waals surface area contributed by atoms with Crippen molar-refractivity contribution >= 4 is 53.2 Å². The topological polar surface area (TPSA) is 98.8 Å². The van der Waals surface area contributed by atoms with Gasteiger partial charge in [-0.05, 0) is 93.6 Å². The van der Waals surface area contributed by atoms with E-state index < -0.39 is 0 Å². The third-order valence-corrected chi connectivity index (χ3v) is 9.11. The van der Waals surface area contributed by atoms with Crippen LogP contribution in [0.1, 0.15) is 71.6 Å². The van der Waals surface area contributed by atoms with Crippen molar-refractivity contribution in [2.45, 2.75) is 65.2 Å². The van der Waals surface area contributed by atoms with Crippen LogP contribution in [0.4, 0.5) is 0 Å². The molecule has 0 aliphatic carbocycles. The highest BCUT2D eigenvalue weighted by Gasteiger charge is 2.19. The Morgan fingerprint density at radius 3 is 1.98 bits per heavy atom. The van der Waals surface area contributed by atoms with E-state index in [0.29, 0.717) is 31.7 Å². The molecule has 240 valence electrons. The normalized spacial score (nSPS) is 11.4. The second-order valence-electron chi connectivity index (χ2n) is 12.3. The molecule has 0 aliphatic rings. The molecule has 0 atom stereocenters. The molecule has 0 amide bonds. The number of nitrogens with one attached hydrogen (secondary N) is 1. The average Bonchev–Trinajstić information content (AvgIpc) is 3.10. The zero-order valence-electron chi connectivity index (χ0n) is 27.4. The minimum atomic E-state index is 0.0456. The average molecular weight is 625 g/mol. The minimum Gasteiger partial charge on any atom is -0.450 e. The third kappa shape index (κ3) is 8.78. The van der Waals surface area contributed by atoms with Crippen LogP contribution in [-0.4, -0.2) is 48.8 Å². The number of benzene rings is 5. The van der Waals surface area contributed by atoms with Crippen molar-refractivity contribution in [2.24, 2.45) is 5.73 Å². The summed E-state index contributed by atoms with van der Waals surface area (Å²) in [7, 11) is 2.35. The van der Waals surface area contributed by atoms with E-state index >= 15 is 0 Å². The number of hydrogen-bond acceptors (Lipinski definition) is 6. The fourth-order valence-electron chi connectivity index (χ4n) is 6.57. The lowest BCUT2D eigenvalue weighted by Gasteiger charge is -2.26. The molecule has 5 aromatic carbocycles. The lowest BCUT2D eigenvalue weighted by atomic mass is 9.84. The Morgan fingerprint density at radius 1 is 0.681 bits per heavy atom. The van der Waals surface area contributed by atoms with Crippen molar-refractivity contribution in [2.75, 3.05) is 13.1 Å². The molecule has 5 N–H and O–H groups in total. The van der Waals surface area contributed by atoms with Crippen molar-refractivity contribution in [3.05, 3.63) is 119 Å². The summed E-state index contributed by atoms with van der Waals surface area (Å²) >= 11 is 0. The highest BCUT2D eigenvalue weighted by molar-refractivity contribution is 6.46. The molecule has 0 saturated carbocycles. The van der Waals surface area contributed by atoms with Gasteiger partial charge in [0.2, 0.25) is 0 Å². The number of carbonyl (C=O) groups is 1. The summed E-state index contributed by atoms with van der Waals surface area (Å²) in [4.78, 5) is 15.1. The highest BCUT2D eigenvalue weighted by Crippen LogP contribution is 2.35. The van der Waals surface area contributed by atoms with Crippen LogP contribution in [0.5, 0.6) is 0 Å². The first-order valence-corrected chi connectivity index (χ1v) is 16.7. The van der Waals surface area contributed by atoms with Gasteiger partial charge in [0.05, 0.1) is 0 Å². The van der Waals surface area contributed by atoms with E-state index in [-0.39, 0.29) is 5.78 Å². The monoisotopic (exact) mass is 625 g/mol. The van der Waals surface area contributed by atoms with Gasteiger partial charge in [-0.3, -0.25) is 9.69 Å². The van der Waals surface area contributed by atoms with E-state index in [1.165, 1.54) is 35.8 Å². The quantitative estimate of drug-likeness (QED) is 0.0481. The molecule has 0 aliphatic heterocycles. The van der Waals surface area contributed by atoms with Gasteiger partial charge in [-0.15, -0.1) is 0 Å². The first-order valence-electron chi connectivity index (χ1n) is 16.7. The van der Waals surface area contributed by atoms with E-state index in [9.17, 15) is 14.8 Å². The molecular formula is C39H45B2N3O3. The molecule has 0 unspecified atom stereocenters. The summed E-state index contributed by atoms with van der Waals surface area (Å²) in [6.07, 6.45) is 5.60. The maximum Gasteiger partial charge on any atom is 0.327 e. The van der Waals surface area contributed by atoms with Gasteiger partial charge in [-0.25, -0.2) is 0 Å². The first-order chi connectivity index (χ1) is 23.0. The number of carbonyl (C=O) groups excluding carboxylic acids is 1. The summed E-state index contributed by atoms with van der Waals surface area (Å²) < 4.78 is 0. The number of nitrogens with zero attached hydrogens (tertiary/aromatic N) is 1. The van der Waals surface area contributed by atoms with Gasteiger partial charge in [0.1, 0.15) is 0 Å². The van der Waals surface area contributed by atoms with Gasteiger partial charge in [0.15, 0.2) is 5.78 Å². The minimum absolute atomic E-state index is 0.0456. The van der Waals surface area contributed by atoms with Crippen LogP contribution in [0.25, 0.3) is 21.5 Å². The maximum atomic E-state index is 12.6. The molecule has 47 heavy (non-hydrogen) atoms. The first kappa shape index (κ1) is 34.6. The molecule has 0 bridgehead atoms. The van der Waals surface area contributed by atoms with E-state index in [1.54, 1.807) is 6.92 Å². The van der Waals surface area contributed by atoms with E-state index in [4.69, 9.17) is 5.73 Å². The second kappa shape index (κ2) is 17.4. The highest BCUT2D eigenvalue weighted by atomic mass is 16.2. The van der Waals surface area contributed by atoms with E-state index in [2.05, 4.69) is 52.7 Å². The number of rotatable bonds is 18. The van der Waals surface area contributed by atoms with Crippen LogP contribution in [-0.2, 0) is 26.2 Å². The van der Waals surface area contributed by atoms with Crippen LogP contribution in [0, 0.1) is 0 Å². The van der Waals surface area contributed by atoms with Crippen LogP contribution < -0.4 is 22.0 Å². The lowest BCUT2D eigenvalue weighted by molar-refractivity contribution is 0.101. The molecule has 5 rings (SSSR count). The van der Waals surface area contributed by atoms with Gasteiger partial charge < -0.3 is 21.1 Å². The standard InChI is InChI=1S/C39H45B2N3O3/c1-28(45)29-19-20-34-35(23-29)37(27-44(22-12-4-2-3-11-21-42)26-31-14-6-10-18-39(31)41-47)33-16-8-7-15-32(33)36(34)25-43-24-30-13-5-9-17-38(30)40-46/h5-10,13-20,23,43,46-47H,2-4,11-12,21-22,24-27,42H2,1H3. The zero-order valence-corrected chi connectivity index (χ0v) is 27.4. The van der Waals surface area contributed by atoms with E-state index in [1.807, 2.05) is 48.5 Å². The Morgan fingerprint density at radius 2 is 1.28 bits per heavy atom. The Balaban J connectivity index is 1.54. The van der Waals surface area contributed by atoms with E-state index in [0.717, 1.165) is 79.1 Å². The van der Waals surface area contributed by atoms with Crippen molar-refractivity contribution in [3.8, 4) is 0 Å². The molecule has 0 heterocycles. The molecular weight excluding hydrogens is 580 g/mol.